The molecule has 0 aliphatic heterocycles. The van der Waals surface area contributed by atoms with Gasteiger partial charge in [-0.3, -0.25) is 14.8 Å². The fourth-order valence-corrected chi connectivity index (χ4v) is 2.43. The molecule has 19 heavy (non-hydrogen) atoms. The maximum Gasteiger partial charge on any atom is 0.240 e. The van der Waals surface area contributed by atoms with Crippen molar-refractivity contribution in [2.45, 2.75) is 50.7 Å². The van der Waals surface area contributed by atoms with Crippen molar-refractivity contribution < 1.29 is 9.90 Å². The van der Waals surface area contributed by atoms with Crippen LogP contribution in [0.4, 0.5) is 0 Å². The molecule has 1 aromatic rings. The number of rotatable bonds is 7. The minimum absolute atomic E-state index is 0.106. The fourth-order valence-electron chi connectivity index (χ4n) is 2.43. The minimum Gasteiger partial charge on any atom is -0.396 e. The van der Waals surface area contributed by atoms with Gasteiger partial charge in [-0.25, -0.2) is 0 Å². The van der Waals surface area contributed by atoms with E-state index in [1.165, 1.54) is 12.8 Å². The molecule has 1 aliphatic carbocycles. The number of nitrogens with two attached hydrogens (primary N) is 1. The van der Waals surface area contributed by atoms with Gasteiger partial charge in [0.2, 0.25) is 5.91 Å². The molecule has 1 heterocycles. The van der Waals surface area contributed by atoms with Gasteiger partial charge in [0.15, 0.2) is 0 Å². The van der Waals surface area contributed by atoms with Gasteiger partial charge in [0.25, 0.3) is 0 Å². The summed E-state index contributed by atoms with van der Waals surface area (Å²) in [7, 11) is 0. The van der Waals surface area contributed by atoms with Crippen LogP contribution in [0.3, 0.4) is 0 Å². The lowest BCUT2D eigenvalue weighted by atomic mass is 10.1. The Morgan fingerprint density at radius 1 is 1.58 bits per heavy atom. The highest BCUT2D eigenvalue weighted by Gasteiger charge is 2.26. The molecule has 4 N–H and O–H groups in total. The summed E-state index contributed by atoms with van der Waals surface area (Å²) >= 11 is 0. The van der Waals surface area contributed by atoms with Crippen molar-refractivity contribution in [3.8, 4) is 0 Å². The number of hydrogen-bond donors (Lipinski definition) is 3. The molecule has 1 aliphatic rings. The summed E-state index contributed by atoms with van der Waals surface area (Å²) in [5.41, 5.74) is 5.99. The Hall–Kier alpha value is -1.47. The highest BCUT2D eigenvalue weighted by Crippen LogP contribution is 2.21. The third-order valence-corrected chi connectivity index (χ3v) is 3.44. The van der Waals surface area contributed by atoms with Crippen LogP contribution in [0, 0.1) is 0 Å². The highest BCUT2D eigenvalue weighted by atomic mass is 16.3. The van der Waals surface area contributed by atoms with Gasteiger partial charge in [0, 0.05) is 19.2 Å². The summed E-state index contributed by atoms with van der Waals surface area (Å²) in [6.07, 6.45) is 6.84. The van der Waals surface area contributed by atoms with Gasteiger partial charge in [-0.15, -0.1) is 5.10 Å². The van der Waals surface area contributed by atoms with Gasteiger partial charge >= 0.3 is 0 Å². The second-order valence-electron chi connectivity index (χ2n) is 4.97. The van der Waals surface area contributed by atoms with Crippen molar-refractivity contribution in [3.05, 3.63) is 11.9 Å². The van der Waals surface area contributed by atoms with E-state index in [2.05, 4.69) is 15.6 Å². The van der Waals surface area contributed by atoms with E-state index in [1.807, 2.05) is 0 Å². The summed E-state index contributed by atoms with van der Waals surface area (Å²) in [4.78, 5) is 11.6. The first-order chi connectivity index (χ1) is 9.20. The smallest absolute Gasteiger partial charge is 0.240 e. The average molecular weight is 267 g/mol. The molecule has 0 radical (unpaired) electrons. The summed E-state index contributed by atoms with van der Waals surface area (Å²) in [6, 6.07) is -0.244. The van der Waals surface area contributed by atoms with Crippen LogP contribution in [-0.2, 0) is 11.3 Å². The van der Waals surface area contributed by atoms with Crippen molar-refractivity contribution in [1.82, 2.24) is 20.3 Å². The van der Waals surface area contributed by atoms with Crippen molar-refractivity contribution in [1.29, 1.82) is 0 Å². The summed E-state index contributed by atoms with van der Waals surface area (Å²) in [5, 5.41) is 20.0. The van der Waals surface area contributed by atoms with E-state index in [-0.39, 0.29) is 6.61 Å². The lowest BCUT2D eigenvalue weighted by Crippen LogP contribution is -2.39. The Bertz CT molecular complexity index is 414. The van der Waals surface area contributed by atoms with Crippen LogP contribution in [0.5, 0.6) is 0 Å². The summed E-state index contributed by atoms with van der Waals surface area (Å²) in [5.74, 6) is -0.430. The zero-order valence-corrected chi connectivity index (χ0v) is 11.0. The molecule has 7 heteroatoms. The zero-order chi connectivity index (χ0) is 13.7. The standard InChI is InChI=1S/C12H21N5O2/c13-12(19)11(14-9-4-1-2-5-9)10-8-17(16-15-10)6-3-7-18/h8-9,11,14,18H,1-7H2,(H2,13,19). The predicted octanol–water partition coefficient (Wildman–Crippen LogP) is -0.281. The molecule has 1 saturated carbocycles. The average Bonchev–Trinajstić information content (AvgIpc) is 3.04. The molecular formula is C12H21N5O2. The zero-order valence-electron chi connectivity index (χ0n) is 11.0. The van der Waals surface area contributed by atoms with Gasteiger partial charge in [-0.2, -0.15) is 0 Å². The monoisotopic (exact) mass is 267 g/mol. The van der Waals surface area contributed by atoms with Crippen molar-refractivity contribution in [2.75, 3.05) is 6.61 Å². The van der Waals surface area contributed by atoms with Crippen molar-refractivity contribution in [3.63, 3.8) is 0 Å². The quantitative estimate of drug-likeness (QED) is 0.630. The van der Waals surface area contributed by atoms with E-state index in [0.29, 0.717) is 24.7 Å². The van der Waals surface area contributed by atoms with Crippen molar-refractivity contribution >= 4 is 5.91 Å². The summed E-state index contributed by atoms with van der Waals surface area (Å²) < 4.78 is 1.62. The second kappa shape index (κ2) is 6.63. The highest BCUT2D eigenvalue weighted by molar-refractivity contribution is 5.80. The molecule has 0 saturated heterocycles. The van der Waals surface area contributed by atoms with E-state index in [0.717, 1.165) is 12.8 Å². The normalized spacial score (nSPS) is 17.7. The predicted molar refractivity (Wildman–Crippen MR) is 69.1 cm³/mol. The van der Waals surface area contributed by atoms with Crippen LogP contribution >= 0.6 is 0 Å². The molecule has 0 bridgehead atoms. The maximum atomic E-state index is 11.6. The summed E-state index contributed by atoms with van der Waals surface area (Å²) in [6.45, 7) is 0.688. The van der Waals surface area contributed by atoms with Gasteiger partial charge < -0.3 is 10.8 Å². The van der Waals surface area contributed by atoms with Crippen LogP contribution in [0.1, 0.15) is 43.8 Å². The number of hydrogen-bond acceptors (Lipinski definition) is 5. The molecular weight excluding hydrogens is 246 g/mol. The van der Waals surface area contributed by atoms with E-state index in [1.54, 1.807) is 10.9 Å². The second-order valence-corrected chi connectivity index (χ2v) is 4.97. The molecule has 1 unspecified atom stereocenters. The molecule has 0 aromatic carbocycles. The van der Waals surface area contributed by atoms with Crippen LogP contribution in [0.2, 0.25) is 0 Å². The number of aromatic nitrogens is 3. The Morgan fingerprint density at radius 3 is 2.95 bits per heavy atom. The first-order valence-corrected chi connectivity index (χ1v) is 6.77. The first kappa shape index (κ1) is 14.0. The number of aliphatic hydroxyl groups is 1. The third-order valence-electron chi connectivity index (χ3n) is 3.44. The van der Waals surface area contributed by atoms with Crippen LogP contribution in [0.25, 0.3) is 0 Å². The van der Waals surface area contributed by atoms with E-state index in [9.17, 15) is 4.79 Å². The molecule has 1 aromatic heterocycles. The van der Waals surface area contributed by atoms with Gasteiger partial charge in [0.1, 0.15) is 11.7 Å². The number of aryl methyl sites for hydroxylation is 1. The lowest BCUT2D eigenvalue weighted by molar-refractivity contribution is -0.120. The van der Waals surface area contributed by atoms with E-state index >= 15 is 0 Å². The van der Waals surface area contributed by atoms with Crippen LogP contribution < -0.4 is 11.1 Å². The Balaban J connectivity index is 2.01. The lowest BCUT2D eigenvalue weighted by Gasteiger charge is -2.18. The molecule has 1 atom stereocenters. The van der Waals surface area contributed by atoms with Gasteiger partial charge in [0.05, 0.1) is 6.20 Å². The molecule has 106 valence electrons. The maximum absolute atomic E-state index is 11.6. The molecule has 7 nitrogen and oxygen atoms in total. The number of primary amides is 1. The number of amides is 1. The molecule has 2 rings (SSSR count). The molecule has 0 spiro atoms. The number of aliphatic hydroxyl groups excluding tert-OH is 1. The topological polar surface area (TPSA) is 106 Å². The van der Waals surface area contributed by atoms with Gasteiger partial charge in [-0.05, 0) is 19.3 Å². The number of carbonyl (C=O) groups excluding carboxylic acids is 1. The SMILES string of the molecule is NC(=O)C(NC1CCCC1)c1cn(CCCO)nn1. The Morgan fingerprint density at radius 2 is 2.32 bits per heavy atom. The van der Waals surface area contributed by atoms with Crippen LogP contribution in [-0.4, -0.2) is 38.7 Å². The third kappa shape index (κ3) is 3.74. The van der Waals surface area contributed by atoms with Crippen LogP contribution in [0.15, 0.2) is 6.20 Å². The molecule has 1 amide bonds. The number of nitrogens with one attached hydrogen (secondary N) is 1. The minimum atomic E-state index is -0.578. The largest absolute Gasteiger partial charge is 0.396 e. The Labute approximate surface area is 112 Å². The first-order valence-electron chi connectivity index (χ1n) is 6.77. The fraction of sp³-hybridized carbons (Fsp3) is 0.750. The van der Waals surface area contributed by atoms with E-state index < -0.39 is 11.9 Å². The molecule has 1 fully saturated rings. The Kier molecular flexibility index (Phi) is 4.86. The van der Waals surface area contributed by atoms with E-state index in [4.69, 9.17) is 10.8 Å². The van der Waals surface area contributed by atoms with Crippen molar-refractivity contribution in [2.24, 2.45) is 5.73 Å². The number of carbonyl (C=O) groups is 1. The van der Waals surface area contributed by atoms with Gasteiger partial charge in [-0.1, -0.05) is 18.1 Å². The number of nitrogens with zero attached hydrogens (tertiary/aromatic N) is 3.